The number of anilines is 3. The fourth-order valence-corrected chi connectivity index (χ4v) is 3.82. The van der Waals surface area contributed by atoms with Crippen LogP contribution in [0.4, 0.5) is 17.7 Å². The van der Waals surface area contributed by atoms with Crippen LogP contribution in [0, 0.1) is 0 Å². The fraction of sp³-hybridized carbons (Fsp3) is 0.250. The Morgan fingerprint density at radius 1 is 1.00 bits per heavy atom. The molecule has 3 heterocycles. The van der Waals surface area contributed by atoms with Crippen LogP contribution >= 0.6 is 0 Å². The lowest BCUT2D eigenvalue weighted by molar-refractivity contribution is 0.475. The van der Waals surface area contributed by atoms with Crippen molar-refractivity contribution >= 4 is 39.9 Å². The van der Waals surface area contributed by atoms with E-state index in [1.165, 1.54) is 0 Å². The first-order chi connectivity index (χ1) is 16.0. The highest BCUT2D eigenvalue weighted by molar-refractivity contribution is 5.85. The van der Waals surface area contributed by atoms with E-state index in [9.17, 15) is 5.11 Å². The van der Waals surface area contributed by atoms with E-state index in [0.717, 1.165) is 34.2 Å². The summed E-state index contributed by atoms with van der Waals surface area (Å²) < 4.78 is 4.02. The molecule has 168 valence electrons. The van der Waals surface area contributed by atoms with Gasteiger partial charge in [-0.25, -0.2) is 9.97 Å². The Morgan fingerprint density at radius 2 is 1.79 bits per heavy atom. The number of imidazole rings is 2. The third-order valence-electron chi connectivity index (χ3n) is 5.63. The lowest BCUT2D eigenvalue weighted by Crippen LogP contribution is -2.11. The second kappa shape index (κ2) is 8.42. The van der Waals surface area contributed by atoms with Crippen molar-refractivity contribution in [2.45, 2.75) is 26.3 Å². The topological polar surface area (TPSA) is 106 Å². The summed E-state index contributed by atoms with van der Waals surface area (Å²) in [5.74, 6) is 2.05. The molecule has 3 aromatic heterocycles. The zero-order valence-electron chi connectivity index (χ0n) is 18.8. The van der Waals surface area contributed by atoms with Gasteiger partial charge in [0.25, 0.3) is 0 Å². The van der Waals surface area contributed by atoms with Gasteiger partial charge >= 0.3 is 0 Å². The molecule has 0 spiro atoms. The second-order valence-electron chi connectivity index (χ2n) is 8.26. The van der Waals surface area contributed by atoms with Crippen molar-refractivity contribution in [1.82, 2.24) is 29.1 Å². The van der Waals surface area contributed by atoms with Crippen molar-refractivity contribution in [3.63, 3.8) is 0 Å². The van der Waals surface area contributed by atoms with Gasteiger partial charge in [0, 0.05) is 19.6 Å². The third kappa shape index (κ3) is 4.05. The molecule has 0 atom stereocenters. The molecule has 9 heteroatoms. The molecule has 0 saturated heterocycles. The van der Waals surface area contributed by atoms with E-state index in [0.29, 0.717) is 24.3 Å². The van der Waals surface area contributed by atoms with Gasteiger partial charge < -0.3 is 19.6 Å². The molecule has 5 aromatic rings. The molecule has 0 aliphatic heterocycles. The highest BCUT2D eigenvalue weighted by atomic mass is 16.3. The number of aryl methyl sites for hydroxylation is 1. The van der Waals surface area contributed by atoms with E-state index >= 15 is 0 Å². The third-order valence-corrected chi connectivity index (χ3v) is 5.63. The number of phenols is 1. The Bertz CT molecular complexity index is 1420. The lowest BCUT2D eigenvalue weighted by atomic mass is 10.1. The molecule has 0 unspecified atom stereocenters. The van der Waals surface area contributed by atoms with Crippen LogP contribution in [-0.4, -0.2) is 40.7 Å². The Kier molecular flexibility index (Phi) is 5.29. The van der Waals surface area contributed by atoms with E-state index in [1.54, 1.807) is 18.5 Å². The minimum absolute atomic E-state index is 0.207. The molecule has 0 saturated carbocycles. The number of nitrogens with one attached hydrogen (secondary N) is 2. The summed E-state index contributed by atoms with van der Waals surface area (Å²) in [6, 6.07) is 15.4. The van der Waals surface area contributed by atoms with Crippen molar-refractivity contribution in [3.8, 4) is 5.75 Å². The normalized spacial score (nSPS) is 11.5. The zero-order valence-corrected chi connectivity index (χ0v) is 18.8. The summed E-state index contributed by atoms with van der Waals surface area (Å²) in [7, 11) is 1.96. The maximum absolute atomic E-state index is 9.49. The first-order valence-corrected chi connectivity index (χ1v) is 10.9. The van der Waals surface area contributed by atoms with Crippen molar-refractivity contribution in [2.24, 2.45) is 7.05 Å². The summed E-state index contributed by atoms with van der Waals surface area (Å²) in [5.41, 5.74) is 4.54. The first kappa shape index (κ1) is 20.7. The molecule has 9 nitrogen and oxygen atoms in total. The summed E-state index contributed by atoms with van der Waals surface area (Å²) >= 11 is 0. The smallest absolute Gasteiger partial charge is 0.233 e. The van der Waals surface area contributed by atoms with Crippen LogP contribution < -0.4 is 10.6 Å². The number of rotatable bonds is 7. The SMILES string of the molecule is CC(C)n1cnc2c(NCCc3ccc(O)cc3)nc(Nc3nc4ccccc4n3C)nc21. The van der Waals surface area contributed by atoms with Gasteiger partial charge in [0.1, 0.15) is 5.75 Å². The van der Waals surface area contributed by atoms with E-state index in [-0.39, 0.29) is 11.8 Å². The minimum atomic E-state index is 0.207. The highest BCUT2D eigenvalue weighted by Gasteiger charge is 2.16. The van der Waals surface area contributed by atoms with Crippen LogP contribution in [0.1, 0.15) is 25.5 Å². The van der Waals surface area contributed by atoms with Gasteiger partial charge in [-0.2, -0.15) is 9.97 Å². The average molecular weight is 443 g/mol. The van der Waals surface area contributed by atoms with Crippen LogP contribution in [0.2, 0.25) is 0 Å². The summed E-state index contributed by atoms with van der Waals surface area (Å²) in [4.78, 5) is 18.7. The molecule has 0 aliphatic carbocycles. The molecule has 0 aliphatic rings. The van der Waals surface area contributed by atoms with Crippen LogP contribution in [0.3, 0.4) is 0 Å². The van der Waals surface area contributed by atoms with Crippen LogP contribution in [0.25, 0.3) is 22.2 Å². The molecule has 2 aromatic carbocycles. The molecule has 0 fully saturated rings. The van der Waals surface area contributed by atoms with Crippen molar-refractivity contribution in [3.05, 3.63) is 60.4 Å². The Labute approximate surface area is 191 Å². The number of aromatic nitrogens is 6. The molecule has 5 rings (SSSR count). The fourth-order valence-electron chi connectivity index (χ4n) is 3.82. The number of fused-ring (bicyclic) bond motifs is 2. The van der Waals surface area contributed by atoms with Gasteiger partial charge in [0.15, 0.2) is 17.0 Å². The molecule has 3 N–H and O–H groups in total. The zero-order chi connectivity index (χ0) is 22.9. The van der Waals surface area contributed by atoms with Crippen LogP contribution in [-0.2, 0) is 13.5 Å². The minimum Gasteiger partial charge on any atom is -0.508 e. The van der Waals surface area contributed by atoms with E-state index in [4.69, 9.17) is 9.97 Å². The van der Waals surface area contributed by atoms with Crippen molar-refractivity contribution < 1.29 is 5.11 Å². The van der Waals surface area contributed by atoms with Gasteiger partial charge in [-0.1, -0.05) is 24.3 Å². The standard InChI is InChI=1S/C24H26N8O/c1-15(2)32-14-26-20-21(25-13-12-16-8-10-17(33)11-9-16)28-23(29-22(20)32)30-24-27-18-6-4-5-7-19(18)31(24)3/h4-11,14-15,33H,12-13H2,1-3H3,(H2,25,27,28,29,30). The average Bonchev–Trinajstić information content (AvgIpc) is 3.37. The quantitative estimate of drug-likeness (QED) is 0.343. The molecule has 0 bridgehead atoms. The van der Waals surface area contributed by atoms with Gasteiger partial charge in [-0.15, -0.1) is 0 Å². The van der Waals surface area contributed by atoms with Gasteiger partial charge in [0.2, 0.25) is 11.9 Å². The maximum atomic E-state index is 9.49. The molecule has 0 amide bonds. The maximum Gasteiger partial charge on any atom is 0.233 e. The number of para-hydroxylation sites is 2. The molecular weight excluding hydrogens is 416 g/mol. The van der Waals surface area contributed by atoms with Gasteiger partial charge in [-0.05, 0) is 50.1 Å². The summed E-state index contributed by atoms with van der Waals surface area (Å²) in [5, 5.41) is 16.2. The van der Waals surface area contributed by atoms with Gasteiger partial charge in [0.05, 0.1) is 17.4 Å². The Morgan fingerprint density at radius 3 is 2.55 bits per heavy atom. The van der Waals surface area contributed by atoms with Gasteiger partial charge in [-0.3, -0.25) is 5.32 Å². The number of phenolic OH excluding ortho intramolecular Hbond substituents is 1. The van der Waals surface area contributed by atoms with E-state index in [2.05, 4.69) is 34.4 Å². The monoisotopic (exact) mass is 442 g/mol. The van der Waals surface area contributed by atoms with E-state index < -0.39 is 0 Å². The number of hydrogen-bond acceptors (Lipinski definition) is 7. The van der Waals surface area contributed by atoms with Crippen molar-refractivity contribution in [1.29, 1.82) is 0 Å². The van der Waals surface area contributed by atoms with Crippen LogP contribution in [0.15, 0.2) is 54.9 Å². The van der Waals surface area contributed by atoms with Crippen LogP contribution in [0.5, 0.6) is 5.75 Å². The molecule has 33 heavy (non-hydrogen) atoms. The summed E-state index contributed by atoms with van der Waals surface area (Å²) in [6.45, 7) is 4.86. The van der Waals surface area contributed by atoms with E-state index in [1.807, 2.05) is 52.6 Å². The summed E-state index contributed by atoms with van der Waals surface area (Å²) in [6.07, 6.45) is 2.58. The largest absolute Gasteiger partial charge is 0.508 e. The highest BCUT2D eigenvalue weighted by Crippen LogP contribution is 2.26. The Hall–Kier alpha value is -4.14. The number of benzene rings is 2. The number of aromatic hydroxyl groups is 1. The Balaban J connectivity index is 1.47. The number of hydrogen-bond donors (Lipinski definition) is 3. The lowest BCUT2D eigenvalue weighted by Gasteiger charge is -2.12. The predicted octanol–water partition coefficient (Wildman–Crippen LogP) is 4.40. The predicted molar refractivity (Wildman–Crippen MR) is 130 cm³/mol. The number of nitrogens with zero attached hydrogens (tertiary/aromatic N) is 6. The van der Waals surface area contributed by atoms with Crippen molar-refractivity contribution in [2.75, 3.05) is 17.2 Å². The molecule has 0 radical (unpaired) electrons. The second-order valence-corrected chi connectivity index (χ2v) is 8.26. The first-order valence-electron chi connectivity index (χ1n) is 10.9. The molecular formula is C24H26N8O.